The van der Waals surface area contributed by atoms with E-state index >= 15 is 0 Å². The van der Waals surface area contributed by atoms with Crippen molar-refractivity contribution in [2.75, 3.05) is 11.9 Å². The number of likely N-dealkylation sites (tertiary alicyclic amines) is 1. The van der Waals surface area contributed by atoms with Gasteiger partial charge in [0.25, 0.3) is 5.91 Å². The van der Waals surface area contributed by atoms with Crippen molar-refractivity contribution in [2.24, 2.45) is 7.05 Å². The zero-order valence-corrected chi connectivity index (χ0v) is 15.6. The summed E-state index contributed by atoms with van der Waals surface area (Å²) in [7, 11) is 2.12. The Bertz CT molecular complexity index is 899. The second-order valence-corrected chi connectivity index (χ2v) is 7.19. The lowest BCUT2D eigenvalue weighted by Crippen LogP contribution is -2.24. The summed E-state index contributed by atoms with van der Waals surface area (Å²) >= 11 is 0. The van der Waals surface area contributed by atoms with Crippen molar-refractivity contribution in [1.82, 2.24) is 9.47 Å². The van der Waals surface area contributed by atoms with Crippen molar-refractivity contribution in [2.45, 2.75) is 25.4 Å². The first-order chi connectivity index (χ1) is 13.2. The molecule has 4 nitrogen and oxygen atoms in total. The number of nitrogens with one attached hydrogen (secondary N) is 1. The van der Waals surface area contributed by atoms with Crippen molar-refractivity contribution in [3.05, 3.63) is 89.7 Å². The normalized spacial score (nSPS) is 17.1. The van der Waals surface area contributed by atoms with Crippen LogP contribution in [0.4, 0.5) is 5.69 Å². The number of para-hydroxylation sites is 1. The number of hydrogen-bond donors (Lipinski definition) is 1. The Morgan fingerprint density at radius 3 is 2.52 bits per heavy atom. The fourth-order valence-electron chi connectivity index (χ4n) is 3.89. The third-order valence-electron chi connectivity index (χ3n) is 5.32. The van der Waals surface area contributed by atoms with Crippen LogP contribution >= 0.6 is 0 Å². The lowest BCUT2D eigenvalue weighted by molar-refractivity contribution is 0.102. The number of nitrogens with zero attached hydrogens (tertiary/aromatic N) is 2. The number of anilines is 1. The number of aromatic nitrogens is 1. The molecule has 1 saturated heterocycles. The molecule has 0 spiro atoms. The topological polar surface area (TPSA) is 37.3 Å². The Hall–Kier alpha value is -2.85. The standard InChI is InChI=1S/C23H25N3O/c1-25-15-5-9-21(25)22-10-6-16-26(22)17-18-11-13-19(14-12-18)23(27)24-20-7-3-2-4-8-20/h2-5,7-9,11-15,22H,6,10,16-17H2,1H3,(H,24,27). The minimum Gasteiger partial charge on any atom is -0.353 e. The van der Waals surface area contributed by atoms with Gasteiger partial charge in [-0.2, -0.15) is 0 Å². The van der Waals surface area contributed by atoms with E-state index in [1.165, 1.54) is 24.1 Å². The van der Waals surface area contributed by atoms with Gasteiger partial charge in [0.1, 0.15) is 0 Å². The summed E-state index contributed by atoms with van der Waals surface area (Å²) in [5.74, 6) is -0.0735. The Labute approximate surface area is 160 Å². The van der Waals surface area contributed by atoms with Crippen LogP contribution in [0.5, 0.6) is 0 Å². The summed E-state index contributed by atoms with van der Waals surface area (Å²) in [5, 5.41) is 2.93. The second kappa shape index (κ2) is 7.80. The van der Waals surface area contributed by atoms with E-state index in [9.17, 15) is 4.79 Å². The van der Waals surface area contributed by atoms with E-state index in [-0.39, 0.29) is 5.91 Å². The van der Waals surface area contributed by atoms with E-state index in [0.717, 1.165) is 18.8 Å². The zero-order valence-electron chi connectivity index (χ0n) is 15.6. The highest BCUT2D eigenvalue weighted by Gasteiger charge is 2.27. The first kappa shape index (κ1) is 17.6. The third kappa shape index (κ3) is 3.96. The van der Waals surface area contributed by atoms with Crippen LogP contribution in [0, 0.1) is 0 Å². The molecule has 1 unspecified atom stereocenters. The fourth-order valence-corrected chi connectivity index (χ4v) is 3.89. The maximum Gasteiger partial charge on any atom is 0.255 e. The maximum absolute atomic E-state index is 12.4. The monoisotopic (exact) mass is 359 g/mol. The second-order valence-electron chi connectivity index (χ2n) is 7.19. The molecule has 0 bridgehead atoms. The van der Waals surface area contributed by atoms with Crippen LogP contribution < -0.4 is 5.32 Å². The molecule has 138 valence electrons. The molecule has 1 aliphatic heterocycles. The number of carbonyl (C=O) groups is 1. The predicted molar refractivity (Wildman–Crippen MR) is 109 cm³/mol. The molecule has 1 aromatic heterocycles. The van der Waals surface area contributed by atoms with Gasteiger partial charge in [0, 0.05) is 36.7 Å². The lowest BCUT2D eigenvalue weighted by atomic mass is 10.1. The van der Waals surface area contributed by atoms with Crippen molar-refractivity contribution in [1.29, 1.82) is 0 Å². The first-order valence-corrected chi connectivity index (χ1v) is 9.51. The molecule has 1 N–H and O–H groups in total. The summed E-state index contributed by atoms with van der Waals surface area (Å²) in [5.41, 5.74) is 4.12. The Morgan fingerprint density at radius 1 is 1.04 bits per heavy atom. The average Bonchev–Trinajstić information content (AvgIpc) is 3.31. The molecule has 1 aliphatic rings. The highest BCUT2D eigenvalue weighted by molar-refractivity contribution is 6.04. The van der Waals surface area contributed by atoms with Gasteiger partial charge in [-0.1, -0.05) is 30.3 Å². The van der Waals surface area contributed by atoms with Gasteiger partial charge in [-0.15, -0.1) is 0 Å². The summed E-state index contributed by atoms with van der Waals surface area (Å²) in [6, 6.07) is 22.3. The first-order valence-electron chi connectivity index (χ1n) is 9.51. The molecular formula is C23H25N3O. The van der Waals surface area contributed by atoms with Gasteiger partial charge in [0.2, 0.25) is 0 Å². The minimum atomic E-state index is -0.0735. The van der Waals surface area contributed by atoms with Crippen molar-refractivity contribution >= 4 is 11.6 Å². The van der Waals surface area contributed by atoms with E-state index in [1.54, 1.807) is 0 Å². The SMILES string of the molecule is Cn1cccc1C1CCCN1Cc1ccc(C(=O)Nc2ccccc2)cc1. The molecule has 0 radical (unpaired) electrons. The highest BCUT2D eigenvalue weighted by atomic mass is 16.1. The Kier molecular flexibility index (Phi) is 5.07. The molecule has 2 aromatic carbocycles. The van der Waals surface area contributed by atoms with Gasteiger partial charge in [-0.3, -0.25) is 9.69 Å². The summed E-state index contributed by atoms with van der Waals surface area (Å²) < 4.78 is 2.22. The number of benzene rings is 2. The molecule has 1 atom stereocenters. The van der Waals surface area contributed by atoms with E-state index in [2.05, 4.69) is 52.3 Å². The summed E-state index contributed by atoms with van der Waals surface area (Å²) in [6.07, 6.45) is 4.55. The average molecular weight is 359 g/mol. The van der Waals surface area contributed by atoms with E-state index in [4.69, 9.17) is 0 Å². The largest absolute Gasteiger partial charge is 0.353 e. The summed E-state index contributed by atoms with van der Waals surface area (Å²) in [6.45, 7) is 2.03. The van der Waals surface area contributed by atoms with Gasteiger partial charge in [0.15, 0.2) is 0 Å². The van der Waals surface area contributed by atoms with Gasteiger partial charge in [-0.05, 0) is 61.3 Å². The van der Waals surface area contributed by atoms with Gasteiger partial charge < -0.3 is 9.88 Å². The van der Waals surface area contributed by atoms with Crippen LogP contribution in [0.25, 0.3) is 0 Å². The minimum absolute atomic E-state index is 0.0735. The van der Waals surface area contributed by atoms with Gasteiger partial charge in [-0.25, -0.2) is 0 Å². The Balaban J connectivity index is 1.42. The smallest absolute Gasteiger partial charge is 0.255 e. The molecule has 0 aliphatic carbocycles. The molecule has 1 amide bonds. The van der Waals surface area contributed by atoms with E-state index < -0.39 is 0 Å². The van der Waals surface area contributed by atoms with Crippen molar-refractivity contribution < 1.29 is 4.79 Å². The molecule has 2 heterocycles. The Morgan fingerprint density at radius 2 is 1.81 bits per heavy atom. The van der Waals surface area contributed by atoms with Crippen LogP contribution in [-0.4, -0.2) is 21.9 Å². The lowest BCUT2D eigenvalue weighted by Gasteiger charge is -2.25. The molecule has 1 fully saturated rings. The van der Waals surface area contributed by atoms with E-state index in [0.29, 0.717) is 11.6 Å². The van der Waals surface area contributed by atoms with Gasteiger partial charge >= 0.3 is 0 Å². The maximum atomic E-state index is 12.4. The number of hydrogen-bond acceptors (Lipinski definition) is 2. The fraction of sp³-hybridized carbons (Fsp3) is 0.261. The van der Waals surface area contributed by atoms with Gasteiger partial charge in [0.05, 0.1) is 6.04 Å². The van der Waals surface area contributed by atoms with Crippen LogP contribution in [0.1, 0.15) is 40.5 Å². The van der Waals surface area contributed by atoms with Crippen molar-refractivity contribution in [3.8, 4) is 0 Å². The highest BCUT2D eigenvalue weighted by Crippen LogP contribution is 2.33. The summed E-state index contributed by atoms with van der Waals surface area (Å²) in [4.78, 5) is 14.9. The number of amides is 1. The van der Waals surface area contributed by atoms with Crippen LogP contribution in [0.2, 0.25) is 0 Å². The number of rotatable bonds is 5. The predicted octanol–water partition coefficient (Wildman–Crippen LogP) is 4.61. The molecule has 4 heteroatoms. The van der Waals surface area contributed by atoms with Crippen molar-refractivity contribution in [3.63, 3.8) is 0 Å². The third-order valence-corrected chi connectivity index (χ3v) is 5.32. The number of carbonyl (C=O) groups excluding carboxylic acids is 1. The molecule has 4 rings (SSSR count). The van der Waals surface area contributed by atoms with E-state index in [1.807, 2.05) is 42.5 Å². The molecular weight excluding hydrogens is 334 g/mol. The quantitative estimate of drug-likeness (QED) is 0.722. The molecule has 3 aromatic rings. The number of aryl methyl sites for hydroxylation is 1. The van der Waals surface area contributed by atoms with Crippen LogP contribution in [0.15, 0.2) is 72.9 Å². The van der Waals surface area contributed by atoms with Crippen LogP contribution in [-0.2, 0) is 13.6 Å². The van der Waals surface area contributed by atoms with Crippen LogP contribution in [0.3, 0.4) is 0 Å². The molecule has 27 heavy (non-hydrogen) atoms. The zero-order chi connectivity index (χ0) is 18.6. The molecule has 0 saturated carbocycles.